The van der Waals surface area contributed by atoms with Crippen molar-refractivity contribution in [1.82, 2.24) is 14.5 Å². The summed E-state index contributed by atoms with van der Waals surface area (Å²) in [5.41, 5.74) is 7.63. The summed E-state index contributed by atoms with van der Waals surface area (Å²) < 4.78 is 7.99. The van der Waals surface area contributed by atoms with Crippen LogP contribution < -0.4 is 0 Å². The van der Waals surface area contributed by atoms with Gasteiger partial charge in [0.1, 0.15) is 6.26 Å². The highest BCUT2D eigenvalue weighted by Gasteiger charge is 2.22. The van der Waals surface area contributed by atoms with Crippen LogP contribution in [-0.2, 0) is 13.0 Å². The van der Waals surface area contributed by atoms with Gasteiger partial charge in [0, 0.05) is 40.5 Å². The Hall–Kier alpha value is -2.85. The third kappa shape index (κ3) is 2.52. The lowest BCUT2D eigenvalue weighted by Crippen LogP contribution is -2.18. The molecule has 0 atom stereocenters. The number of rotatable bonds is 4. The van der Waals surface area contributed by atoms with Gasteiger partial charge in [0.05, 0.1) is 6.20 Å². The number of hydrogen-bond acceptors (Lipinski definition) is 3. The molecule has 5 rings (SSSR count). The summed E-state index contributed by atoms with van der Waals surface area (Å²) in [6.07, 6.45) is 5.45. The molecule has 0 saturated carbocycles. The number of oxazole rings is 1. The summed E-state index contributed by atoms with van der Waals surface area (Å²) >= 11 is 0. The van der Waals surface area contributed by atoms with Crippen LogP contribution in [0.2, 0.25) is 0 Å². The summed E-state index contributed by atoms with van der Waals surface area (Å²) in [6, 6.07) is 11.1. The molecule has 2 aromatic carbocycles. The Morgan fingerprint density at radius 1 is 1.15 bits per heavy atom. The first-order chi connectivity index (χ1) is 13.1. The monoisotopic (exact) mass is 357 g/mol. The minimum atomic E-state index is 0.670. The summed E-state index contributed by atoms with van der Waals surface area (Å²) in [5, 5.41) is 2.65. The topological polar surface area (TPSA) is 34.2 Å². The van der Waals surface area contributed by atoms with Gasteiger partial charge < -0.3 is 13.9 Å². The number of benzene rings is 2. The van der Waals surface area contributed by atoms with E-state index in [1.54, 1.807) is 12.5 Å². The summed E-state index contributed by atoms with van der Waals surface area (Å²) in [4.78, 5) is 6.56. The zero-order valence-corrected chi connectivity index (χ0v) is 15.8. The molecular weight excluding hydrogens is 334 g/mol. The number of aromatic nitrogens is 2. The van der Waals surface area contributed by atoms with Gasteiger partial charge in [0.15, 0.2) is 0 Å². The predicted octanol–water partition coefficient (Wildman–Crippen LogP) is 4.97. The minimum absolute atomic E-state index is 0.670. The van der Waals surface area contributed by atoms with Gasteiger partial charge in [-0.3, -0.25) is 0 Å². The second kappa shape index (κ2) is 6.10. The second-order valence-corrected chi connectivity index (χ2v) is 7.61. The molecule has 0 spiro atoms. The third-order valence-corrected chi connectivity index (χ3v) is 5.65. The Kier molecular flexibility index (Phi) is 3.69. The lowest BCUT2D eigenvalue weighted by atomic mass is 10.0. The average molecular weight is 357 g/mol. The van der Waals surface area contributed by atoms with Gasteiger partial charge in [0.2, 0.25) is 5.89 Å². The molecular formula is C23H23N3O. The quantitative estimate of drug-likeness (QED) is 0.517. The van der Waals surface area contributed by atoms with E-state index in [0.717, 1.165) is 31.5 Å². The van der Waals surface area contributed by atoms with E-state index in [4.69, 9.17) is 4.42 Å². The molecule has 136 valence electrons. The molecule has 4 heteroatoms. The first-order valence-electron chi connectivity index (χ1n) is 9.44. The zero-order chi connectivity index (χ0) is 18.5. The largest absolute Gasteiger partial charge is 0.445 e. The fourth-order valence-corrected chi connectivity index (χ4v) is 4.30. The number of nitrogens with zero attached hydrogens (tertiary/aromatic N) is 3. The van der Waals surface area contributed by atoms with Crippen molar-refractivity contribution in [2.45, 2.75) is 19.4 Å². The van der Waals surface area contributed by atoms with Crippen LogP contribution >= 0.6 is 0 Å². The molecule has 4 nitrogen and oxygen atoms in total. The van der Waals surface area contributed by atoms with Crippen molar-refractivity contribution in [2.24, 2.45) is 0 Å². The van der Waals surface area contributed by atoms with Crippen molar-refractivity contribution in [2.75, 3.05) is 20.6 Å². The van der Waals surface area contributed by atoms with Gasteiger partial charge >= 0.3 is 0 Å². The lowest BCUT2D eigenvalue weighted by Gasteiger charge is -2.13. The standard InChI is InChI=1S/C23H23N3O/c1-15-4-6-18-17(15)7-9-21-22(18)19-14-16(23-24-10-13-27-23)5-8-20(19)26(21)12-11-25(2)3/h5,7-10,13-14H,1,4,6,11-12H2,2-3H3. The van der Waals surface area contributed by atoms with Gasteiger partial charge in [-0.25, -0.2) is 4.98 Å². The summed E-state index contributed by atoms with van der Waals surface area (Å²) in [5.74, 6) is 0.670. The molecule has 1 aliphatic carbocycles. The summed E-state index contributed by atoms with van der Waals surface area (Å²) in [7, 11) is 4.24. The first-order valence-corrected chi connectivity index (χ1v) is 9.44. The SMILES string of the molecule is C=C1CCc2c1ccc1c2c2cc(-c3ncco3)ccc2n1CCN(C)C. The molecule has 2 aromatic heterocycles. The Morgan fingerprint density at radius 2 is 2.00 bits per heavy atom. The molecule has 0 aliphatic heterocycles. The van der Waals surface area contributed by atoms with E-state index in [9.17, 15) is 0 Å². The Balaban J connectivity index is 1.82. The molecule has 0 N–H and O–H groups in total. The van der Waals surface area contributed by atoms with Crippen molar-refractivity contribution in [3.8, 4) is 11.5 Å². The van der Waals surface area contributed by atoms with E-state index in [1.807, 2.05) is 0 Å². The van der Waals surface area contributed by atoms with Crippen LogP contribution in [0.1, 0.15) is 17.5 Å². The van der Waals surface area contributed by atoms with Crippen LogP contribution in [-0.4, -0.2) is 35.1 Å². The van der Waals surface area contributed by atoms with Crippen LogP contribution in [0.3, 0.4) is 0 Å². The van der Waals surface area contributed by atoms with Crippen molar-refractivity contribution in [1.29, 1.82) is 0 Å². The van der Waals surface area contributed by atoms with Crippen LogP contribution in [0.25, 0.3) is 38.8 Å². The van der Waals surface area contributed by atoms with Crippen molar-refractivity contribution >= 4 is 27.4 Å². The first kappa shape index (κ1) is 16.3. The molecule has 2 heterocycles. The maximum atomic E-state index is 5.54. The molecule has 0 bridgehead atoms. The molecule has 0 unspecified atom stereocenters. The lowest BCUT2D eigenvalue weighted by molar-refractivity contribution is 0.389. The van der Waals surface area contributed by atoms with E-state index >= 15 is 0 Å². The van der Waals surface area contributed by atoms with Crippen LogP contribution in [0.4, 0.5) is 0 Å². The molecule has 4 aromatic rings. The maximum Gasteiger partial charge on any atom is 0.225 e. The van der Waals surface area contributed by atoms with Gasteiger partial charge in [-0.15, -0.1) is 0 Å². The van der Waals surface area contributed by atoms with Crippen molar-refractivity contribution < 1.29 is 4.42 Å². The molecule has 0 radical (unpaired) electrons. The van der Waals surface area contributed by atoms with Crippen LogP contribution in [0, 0.1) is 0 Å². The Bertz CT molecular complexity index is 1170. The van der Waals surface area contributed by atoms with Crippen molar-refractivity contribution in [3.05, 3.63) is 60.5 Å². The zero-order valence-electron chi connectivity index (χ0n) is 15.8. The Morgan fingerprint density at radius 3 is 2.78 bits per heavy atom. The molecule has 27 heavy (non-hydrogen) atoms. The molecule has 0 amide bonds. The highest BCUT2D eigenvalue weighted by atomic mass is 16.3. The highest BCUT2D eigenvalue weighted by molar-refractivity contribution is 6.12. The third-order valence-electron chi connectivity index (χ3n) is 5.65. The average Bonchev–Trinajstić information content (AvgIpc) is 3.37. The van der Waals surface area contributed by atoms with E-state index in [1.165, 1.54) is 38.5 Å². The summed E-state index contributed by atoms with van der Waals surface area (Å²) in [6.45, 7) is 6.24. The fraction of sp³-hybridized carbons (Fsp3) is 0.261. The van der Waals surface area contributed by atoms with Gasteiger partial charge in [-0.2, -0.15) is 0 Å². The maximum absolute atomic E-state index is 5.54. The normalized spacial score (nSPS) is 14.0. The number of aryl methyl sites for hydroxylation is 1. The number of allylic oxidation sites excluding steroid dienone is 1. The van der Waals surface area contributed by atoms with E-state index in [-0.39, 0.29) is 0 Å². The van der Waals surface area contributed by atoms with E-state index in [0.29, 0.717) is 5.89 Å². The van der Waals surface area contributed by atoms with Gasteiger partial charge in [-0.1, -0.05) is 12.6 Å². The smallest absolute Gasteiger partial charge is 0.225 e. The second-order valence-electron chi connectivity index (χ2n) is 7.61. The van der Waals surface area contributed by atoms with Gasteiger partial charge in [-0.05, 0) is 67.9 Å². The number of likely N-dealkylation sites (N-methyl/N-ethyl adjacent to an activating group) is 1. The fourth-order valence-electron chi connectivity index (χ4n) is 4.30. The minimum Gasteiger partial charge on any atom is -0.445 e. The predicted molar refractivity (Wildman–Crippen MR) is 111 cm³/mol. The van der Waals surface area contributed by atoms with E-state index < -0.39 is 0 Å². The molecule has 1 aliphatic rings. The van der Waals surface area contributed by atoms with Gasteiger partial charge in [0.25, 0.3) is 0 Å². The van der Waals surface area contributed by atoms with Crippen molar-refractivity contribution in [3.63, 3.8) is 0 Å². The van der Waals surface area contributed by atoms with E-state index in [2.05, 4.69) is 65.5 Å². The Labute approximate surface area is 158 Å². The molecule has 0 saturated heterocycles. The highest BCUT2D eigenvalue weighted by Crippen LogP contribution is 2.41. The number of hydrogen-bond donors (Lipinski definition) is 0. The van der Waals surface area contributed by atoms with Crippen LogP contribution in [0.15, 0.2) is 53.8 Å². The van der Waals surface area contributed by atoms with Crippen LogP contribution in [0.5, 0.6) is 0 Å². The molecule has 0 fully saturated rings. The number of fused-ring (bicyclic) bond motifs is 5.